The lowest BCUT2D eigenvalue weighted by atomic mass is 10.0. The van der Waals surface area contributed by atoms with Crippen molar-refractivity contribution in [1.82, 2.24) is 31.9 Å². The predicted octanol–water partition coefficient (Wildman–Crippen LogP) is -6.93. The van der Waals surface area contributed by atoms with Crippen molar-refractivity contribution >= 4 is 88.8 Å². The molecule has 0 spiro atoms. The average Bonchev–Trinajstić information content (AvgIpc) is 3.21. The average molecular weight is 963 g/mol. The second-order valence-corrected chi connectivity index (χ2v) is 15.4. The van der Waals surface area contributed by atoms with Gasteiger partial charge in [-0.2, -0.15) is 11.8 Å². The lowest BCUT2D eigenvalue weighted by Gasteiger charge is -2.27. The number of carboxylic acids is 3. The summed E-state index contributed by atoms with van der Waals surface area (Å²) in [5.41, 5.74) is 32.3. The summed E-state index contributed by atoms with van der Waals surface area (Å²) < 4.78 is 0. The van der Waals surface area contributed by atoms with Crippen molar-refractivity contribution in [1.29, 1.82) is 0 Å². The minimum atomic E-state index is -2.16. The monoisotopic (exact) mass is 962 g/mol. The lowest BCUT2D eigenvalue weighted by Crippen LogP contribution is -2.60. The van der Waals surface area contributed by atoms with Crippen molar-refractivity contribution in [3.8, 4) is 0 Å². The molecule has 0 unspecified atom stereocenters. The molecule has 0 radical (unpaired) electrons. The molecule has 0 aliphatic carbocycles. The maximum Gasteiger partial charge on any atom is 0.306 e. The molecule has 8 amide bonds. The van der Waals surface area contributed by atoms with Crippen LogP contribution in [0.15, 0.2) is 9.98 Å². The molecule has 0 heterocycles. The fraction of sp³-hybridized carbons (Fsp3) is 0.639. The molecule has 0 aliphatic rings. The number of guanidine groups is 2. The Morgan fingerprint density at radius 1 is 0.470 bits per heavy atom. The number of primary amides is 2. The van der Waals surface area contributed by atoms with E-state index in [-0.39, 0.29) is 62.9 Å². The molecule has 22 N–H and O–H groups in total. The summed E-state index contributed by atoms with van der Waals surface area (Å²) in [7, 11) is 0. The summed E-state index contributed by atoms with van der Waals surface area (Å²) >= 11 is 1.22. The number of aliphatic hydroxyl groups is 1. The largest absolute Gasteiger partial charge is 0.481 e. The number of hydrogen-bond donors (Lipinski definition) is 16. The number of hydrogen-bond acceptors (Lipinski definition) is 15. The fourth-order valence-corrected chi connectivity index (χ4v) is 6.05. The molecule has 0 rings (SSSR count). The fourth-order valence-electron chi connectivity index (χ4n) is 5.58. The van der Waals surface area contributed by atoms with Gasteiger partial charge in [-0.25, -0.2) is 0 Å². The molecule has 0 aromatic rings. The SMILES string of the molecule is CSCC[C@H](NC(=O)[C@H](CCC(=O)O)NC(=O)[C@H](CCC(=O)O)NC(=O)[C@@H](O)CC(=O)O)C(=O)N[C@@H](CCC(N)=O)C(=O)N[C@@H](CCCN=C(N)N)C(=O)N[C@@H](CCCN=C(N)N)C(N)=O. The Kier molecular flexibility index (Phi) is 28.4. The molecule has 0 fully saturated rings. The zero-order valence-electron chi connectivity index (χ0n) is 36.2. The van der Waals surface area contributed by atoms with Crippen molar-refractivity contribution in [3.63, 3.8) is 0 Å². The quantitative estimate of drug-likeness (QED) is 0.0159. The number of aliphatic imine (C=N–C) groups is 2. The molecule has 29 nitrogen and oxygen atoms in total. The van der Waals surface area contributed by atoms with Gasteiger partial charge in [-0.1, -0.05) is 0 Å². The molecule has 0 aromatic heterocycles. The van der Waals surface area contributed by atoms with Gasteiger partial charge in [-0.05, 0) is 63.4 Å². The summed E-state index contributed by atoms with van der Waals surface area (Å²) in [4.78, 5) is 146. The third-order valence-electron chi connectivity index (χ3n) is 8.97. The predicted molar refractivity (Wildman–Crippen MR) is 234 cm³/mol. The normalized spacial score (nSPS) is 13.8. The number of carbonyl (C=O) groups excluding carboxylic acids is 8. The van der Waals surface area contributed by atoms with Gasteiger partial charge in [0, 0.05) is 32.4 Å². The number of amides is 8. The molecular formula is C36H62N14O15S. The van der Waals surface area contributed by atoms with Gasteiger partial charge in [0.2, 0.25) is 47.3 Å². The minimum Gasteiger partial charge on any atom is -0.481 e. The van der Waals surface area contributed by atoms with Crippen molar-refractivity contribution in [3.05, 3.63) is 0 Å². The zero-order chi connectivity index (χ0) is 50.5. The highest BCUT2D eigenvalue weighted by molar-refractivity contribution is 7.98. The van der Waals surface area contributed by atoms with Gasteiger partial charge in [-0.15, -0.1) is 0 Å². The van der Waals surface area contributed by atoms with E-state index < -0.39 is 152 Å². The first-order chi connectivity index (χ1) is 30.9. The molecule has 7 atom stereocenters. The van der Waals surface area contributed by atoms with Gasteiger partial charge in [0.25, 0.3) is 0 Å². The van der Waals surface area contributed by atoms with Crippen molar-refractivity contribution in [2.24, 2.45) is 44.4 Å². The van der Waals surface area contributed by atoms with Crippen LogP contribution in [0.5, 0.6) is 0 Å². The highest BCUT2D eigenvalue weighted by Crippen LogP contribution is 2.10. The Hall–Kier alpha value is -6.98. The van der Waals surface area contributed by atoms with E-state index in [1.807, 2.05) is 5.32 Å². The summed E-state index contributed by atoms with van der Waals surface area (Å²) in [6, 6.07) is -9.36. The third-order valence-corrected chi connectivity index (χ3v) is 9.61. The van der Waals surface area contributed by atoms with Crippen LogP contribution >= 0.6 is 11.8 Å². The van der Waals surface area contributed by atoms with E-state index in [0.717, 1.165) is 0 Å². The second kappa shape index (κ2) is 31.8. The number of carbonyl (C=O) groups is 11. The number of carboxylic acid groups (broad SMARTS) is 3. The number of aliphatic hydroxyl groups excluding tert-OH is 1. The van der Waals surface area contributed by atoms with Crippen LogP contribution in [0.25, 0.3) is 0 Å². The number of nitrogens with one attached hydrogen (secondary N) is 6. The number of nitrogens with zero attached hydrogens (tertiary/aromatic N) is 2. The molecule has 0 bridgehead atoms. The second-order valence-electron chi connectivity index (χ2n) is 14.4. The van der Waals surface area contributed by atoms with Crippen LogP contribution in [0.4, 0.5) is 0 Å². The van der Waals surface area contributed by atoms with Crippen LogP contribution in [-0.2, 0) is 52.7 Å². The van der Waals surface area contributed by atoms with Crippen LogP contribution in [-0.4, -0.2) is 165 Å². The Labute approximate surface area is 382 Å². The highest BCUT2D eigenvalue weighted by atomic mass is 32.2. The van der Waals surface area contributed by atoms with Gasteiger partial charge in [0.1, 0.15) is 42.4 Å². The highest BCUT2D eigenvalue weighted by Gasteiger charge is 2.34. The van der Waals surface area contributed by atoms with E-state index in [2.05, 4.69) is 36.6 Å². The van der Waals surface area contributed by atoms with Crippen LogP contribution < -0.4 is 66.3 Å². The number of rotatable bonds is 35. The number of aliphatic carboxylic acids is 3. The van der Waals surface area contributed by atoms with E-state index >= 15 is 0 Å². The number of nitrogens with two attached hydrogens (primary N) is 6. The van der Waals surface area contributed by atoms with E-state index in [1.54, 1.807) is 6.26 Å². The summed E-state index contributed by atoms with van der Waals surface area (Å²) in [6.07, 6.45) is -5.19. The first-order valence-corrected chi connectivity index (χ1v) is 21.6. The smallest absolute Gasteiger partial charge is 0.306 e. The minimum absolute atomic E-state index is 0.000136. The zero-order valence-corrected chi connectivity index (χ0v) is 37.0. The molecule has 0 aromatic carbocycles. The Bertz CT molecular complexity index is 1780. The van der Waals surface area contributed by atoms with Gasteiger partial charge in [0.05, 0.1) is 6.42 Å². The van der Waals surface area contributed by atoms with Crippen LogP contribution in [0, 0.1) is 0 Å². The van der Waals surface area contributed by atoms with Crippen LogP contribution in [0.2, 0.25) is 0 Å². The maximum absolute atomic E-state index is 13.9. The standard InChI is InChI=1S/C36H62N14O15S/c1-66-15-12-22(49-31(62)20(7-10-25(53)54)48-32(63)21(8-11-26(55)56)50-34(65)23(51)16-27(57)58)33(64)47-19(6-9-24(37)52)30(61)46-18(5-3-14-44-36(41)42)29(60)45-17(28(38)59)4-2-13-43-35(39)40/h17-23,51H,2-16H2,1H3,(H2,37,52)(H2,38,59)(H,45,60)(H,46,61)(H,47,64)(H,48,63)(H,49,62)(H,50,65)(H,53,54)(H,55,56)(H,57,58)(H4,39,40,43)(H4,41,42,44)/t17-,18-,19-,20-,21-,22-,23-/m0/s1. The van der Waals surface area contributed by atoms with Gasteiger partial charge in [0.15, 0.2) is 11.9 Å². The van der Waals surface area contributed by atoms with E-state index in [0.29, 0.717) is 0 Å². The molecule has 372 valence electrons. The Balaban J connectivity index is 6.65. The van der Waals surface area contributed by atoms with E-state index in [4.69, 9.17) is 39.5 Å². The van der Waals surface area contributed by atoms with Gasteiger partial charge >= 0.3 is 17.9 Å². The van der Waals surface area contributed by atoms with E-state index in [9.17, 15) is 68.1 Å². The van der Waals surface area contributed by atoms with Crippen LogP contribution in [0.3, 0.4) is 0 Å². The molecular weight excluding hydrogens is 901 g/mol. The molecule has 66 heavy (non-hydrogen) atoms. The summed E-state index contributed by atoms with van der Waals surface area (Å²) in [5, 5.41) is 51.3. The van der Waals surface area contributed by atoms with Gasteiger partial charge < -0.3 is 86.7 Å². The van der Waals surface area contributed by atoms with E-state index in [1.165, 1.54) is 11.8 Å². The summed E-state index contributed by atoms with van der Waals surface area (Å²) in [5.74, 6) is -13.2. The Morgan fingerprint density at radius 3 is 1.14 bits per heavy atom. The lowest BCUT2D eigenvalue weighted by molar-refractivity contribution is -0.145. The Morgan fingerprint density at radius 2 is 0.803 bits per heavy atom. The van der Waals surface area contributed by atoms with Crippen molar-refractivity contribution in [2.45, 2.75) is 119 Å². The molecule has 30 heteroatoms. The molecule has 0 saturated heterocycles. The molecule has 0 saturated carbocycles. The first kappa shape index (κ1) is 59.0. The molecule has 0 aliphatic heterocycles. The van der Waals surface area contributed by atoms with Gasteiger partial charge in [-0.3, -0.25) is 62.7 Å². The summed E-state index contributed by atoms with van der Waals surface area (Å²) in [6.45, 7) is 0.0931. The topological polar surface area (TPSA) is 522 Å². The van der Waals surface area contributed by atoms with Crippen molar-refractivity contribution in [2.75, 3.05) is 25.1 Å². The van der Waals surface area contributed by atoms with Crippen molar-refractivity contribution < 1.29 is 73.2 Å². The van der Waals surface area contributed by atoms with Crippen LogP contribution in [0.1, 0.15) is 77.0 Å². The maximum atomic E-state index is 13.9. The first-order valence-electron chi connectivity index (χ1n) is 20.2. The third kappa shape index (κ3) is 26.6. The number of thioether (sulfide) groups is 1.